The van der Waals surface area contributed by atoms with Crippen LogP contribution in [0, 0.1) is 5.82 Å². The SMILES string of the molecule is CCOc1cccc(C(Cc2ccccc2F)NC)c1. The van der Waals surface area contributed by atoms with E-state index in [4.69, 9.17) is 4.74 Å². The maximum atomic E-state index is 13.7. The minimum absolute atomic E-state index is 0.0623. The molecule has 0 amide bonds. The van der Waals surface area contributed by atoms with Crippen molar-refractivity contribution in [2.45, 2.75) is 19.4 Å². The third kappa shape index (κ3) is 3.58. The average Bonchev–Trinajstić information content (AvgIpc) is 2.47. The van der Waals surface area contributed by atoms with Gasteiger partial charge >= 0.3 is 0 Å². The molecule has 0 saturated heterocycles. The molecule has 20 heavy (non-hydrogen) atoms. The lowest BCUT2D eigenvalue weighted by atomic mass is 9.98. The molecule has 0 radical (unpaired) electrons. The lowest BCUT2D eigenvalue weighted by Crippen LogP contribution is -2.19. The topological polar surface area (TPSA) is 21.3 Å². The van der Waals surface area contributed by atoms with E-state index in [9.17, 15) is 4.39 Å². The van der Waals surface area contributed by atoms with Crippen molar-refractivity contribution < 1.29 is 9.13 Å². The molecule has 0 spiro atoms. The average molecular weight is 273 g/mol. The van der Waals surface area contributed by atoms with Crippen LogP contribution in [0.5, 0.6) is 5.75 Å². The first-order chi connectivity index (χ1) is 9.74. The molecule has 2 aromatic rings. The third-order valence-corrected chi connectivity index (χ3v) is 3.30. The van der Waals surface area contributed by atoms with Gasteiger partial charge in [0.25, 0.3) is 0 Å². The van der Waals surface area contributed by atoms with Crippen molar-refractivity contribution in [3.05, 3.63) is 65.5 Å². The van der Waals surface area contributed by atoms with Gasteiger partial charge in [0.2, 0.25) is 0 Å². The third-order valence-electron chi connectivity index (χ3n) is 3.30. The Kier molecular flexibility index (Phi) is 5.13. The molecule has 0 saturated carbocycles. The van der Waals surface area contributed by atoms with Crippen LogP contribution in [0.15, 0.2) is 48.5 Å². The summed E-state index contributed by atoms with van der Waals surface area (Å²) >= 11 is 0. The van der Waals surface area contributed by atoms with Crippen LogP contribution in [-0.2, 0) is 6.42 Å². The minimum Gasteiger partial charge on any atom is -0.494 e. The van der Waals surface area contributed by atoms with Crippen LogP contribution < -0.4 is 10.1 Å². The van der Waals surface area contributed by atoms with E-state index in [1.165, 1.54) is 6.07 Å². The molecule has 0 heterocycles. The summed E-state index contributed by atoms with van der Waals surface area (Å²) in [5.41, 5.74) is 1.82. The lowest BCUT2D eigenvalue weighted by Gasteiger charge is -2.18. The molecule has 3 heteroatoms. The van der Waals surface area contributed by atoms with Crippen molar-refractivity contribution in [2.24, 2.45) is 0 Å². The van der Waals surface area contributed by atoms with Crippen LogP contribution in [0.4, 0.5) is 4.39 Å². The van der Waals surface area contributed by atoms with Gasteiger partial charge in [0.15, 0.2) is 0 Å². The van der Waals surface area contributed by atoms with Gasteiger partial charge in [-0.1, -0.05) is 30.3 Å². The quantitative estimate of drug-likeness (QED) is 0.866. The molecular formula is C17H20FNO. The Balaban J connectivity index is 2.20. The molecule has 0 aliphatic rings. The standard InChI is InChI=1S/C17H20FNO/c1-3-20-15-9-6-8-14(11-15)17(19-2)12-13-7-4-5-10-16(13)18/h4-11,17,19H,3,12H2,1-2H3. The Morgan fingerprint density at radius 2 is 1.95 bits per heavy atom. The van der Waals surface area contributed by atoms with E-state index in [0.717, 1.165) is 11.3 Å². The zero-order valence-corrected chi connectivity index (χ0v) is 11.9. The molecule has 1 unspecified atom stereocenters. The highest BCUT2D eigenvalue weighted by molar-refractivity contribution is 5.32. The van der Waals surface area contributed by atoms with Gasteiger partial charge < -0.3 is 10.1 Å². The Bertz CT molecular complexity index is 556. The largest absolute Gasteiger partial charge is 0.494 e. The molecule has 0 aliphatic carbocycles. The summed E-state index contributed by atoms with van der Waals surface area (Å²) in [5, 5.41) is 3.24. The molecule has 2 aromatic carbocycles. The molecule has 0 aromatic heterocycles. The van der Waals surface area contributed by atoms with E-state index in [-0.39, 0.29) is 11.9 Å². The van der Waals surface area contributed by atoms with E-state index in [1.54, 1.807) is 6.07 Å². The van der Waals surface area contributed by atoms with Crippen LogP contribution in [-0.4, -0.2) is 13.7 Å². The van der Waals surface area contributed by atoms with E-state index in [0.29, 0.717) is 18.6 Å². The second-order valence-electron chi connectivity index (χ2n) is 4.64. The molecule has 0 bridgehead atoms. The summed E-state index contributed by atoms with van der Waals surface area (Å²) in [5.74, 6) is 0.687. The van der Waals surface area contributed by atoms with Gasteiger partial charge in [0.1, 0.15) is 11.6 Å². The van der Waals surface area contributed by atoms with Crippen LogP contribution in [0.2, 0.25) is 0 Å². The minimum atomic E-state index is -0.159. The van der Waals surface area contributed by atoms with Crippen molar-refractivity contribution in [1.29, 1.82) is 0 Å². The van der Waals surface area contributed by atoms with Gasteiger partial charge in [-0.2, -0.15) is 0 Å². The van der Waals surface area contributed by atoms with Crippen molar-refractivity contribution >= 4 is 0 Å². The summed E-state index contributed by atoms with van der Waals surface area (Å²) in [7, 11) is 1.89. The maximum absolute atomic E-state index is 13.7. The monoisotopic (exact) mass is 273 g/mol. The van der Waals surface area contributed by atoms with E-state index >= 15 is 0 Å². The fraction of sp³-hybridized carbons (Fsp3) is 0.294. The fourth-order valence-corrected chi connectivity index (χ4v) is 2.26. The smallest absolute Gasteiger partial charge is 0.126 e. The van der Waals surface area contributed by atoms with E-state index in [1.807, 2.05) is 50.4 Å². The highest BCUT2D eigenvalue weighted by atomic mass is 19.1. The number of hydrogen-bond donors (Lipinski definition) is 1. The number of likely N-dealkylation sites (N-methyl/N-ethyl adjacent to an activating group) is 1. The Labute approximate surface area is 119 Å². The van der Waals surface area contributed by atoms with E-state index in [2.05, 4.69) is 5.32 Å². The molecule has 2 nitrogen and oxygen atoms in total. The highest BCUT2D eigenvalue weighted by Gasteiger charge is 2.13. The van der Waals surface area contributed by atoms with Gasteiger partial charge in [0, 0.05) is 6.04 Å². The van der Waals surface area contributed by atoms with Gasteiger partial charge in [-0.25, -0.2) is 4.39 Å². The molecule has 0 aliphatic heterocycles. The summed E-state index contributed by atoms with van der Waals surface area (Å²) in [6.45, 7) is 2.60. The maximum Gasteiger partial charge on any atom is 0.126 e. The van der Waals surface area contributed by atoms with Crippen LogP contribution in [0.3, 0.4) is 0 Å². The van der Waals surface area contributed by atoms with Crippen LogP contribution in [0.1, 0.15) is 24.1 Å². The number of halogens is 1. The van der Waals surface area contributed by atoms with Crippen LogP contribution in [0.25, 0.3) is 0 Å². The second kappa shape index (κ2) is 7.06. The first kappa shape index (κ1) is 14.5. The molecule has 0 fully saturated rings. The summed E-state index contributed by atoms with van der Waals surface area (Å²) in [4.78, 5) is 0. The number of hydrogen-bond acceptors (Lipinski definition) is 2. The predicted molar refractivity (Wildman–Crippen MR) is 79.5 cm³/mol. The van der Waals surface area contributed by atoms with E-state index < -0.39 is 0 Å². The Hall–Kier alpha value is -1.87. The number of benzene rings is 2. The number of rotatable bonds is 6. The predicted octanol–water partition coefficient (Wildman–Crippen LogP) is 3.73. The molecule has 2 rings (SSSR count). The normalized spacial score (nSPS) is 12.2. The highest BCUT2D eigenvalue weighted by Crippen LogP contribution is 2.23. The van der Waals surface area contributed by atoms with Crippen LogP contribution >= 0.6 is 0 Å². The van der Waals surface area contributed by atoms with Gasteiger partial charge in [-0.15, -0.1) is 0 Å². The second-order valence-corrected chi connectivity index (χ2v) is 4.64. The van der Waals surface area contributed by atoms with Gasteiger partial charge in [0.05, 0.1) is 6.61 Å². The summed E-state index contributed by atoms with van der Waals surface area (Å²) < 4.78 is 19.3. The van der Waals surface area contributed by atoms with Crippen molar-refractivity contribution in [3.63, 3.8) is 0 Å². The van der Waals surface area contributed by atoms with Gasteiger partial charge in [-0.3, -0.25) is 0 Å². The van der Waals surface area contributed by atoms with Crippen molar-refractivity contribution in [2.75, 3.05) is 13.7 Å². The molecular weight excluding hydrogens is 253 g/mol. The molecule has 106 valence electrons. The van der Waals surface area contributed by atoms with Gasteiger partial charge in [-0.05, 0) is 49.7 Å². The lowest BCUT2D eigenvalue weighted by molar-refractivity contribution is 0.339. The first-order valence-electron chi connectivity index (χ1n) is 6.88. The summed E-state index contributed by atoms with van der Waals surface area (Å²) in [6.07, 6.45) is 0.610. The Morgan fingerprint density at radius 1 is 1.15 bits per heavy atom. The zero-order chi connectivity index (χ0) is 14.4. The summed E-state index contributed by atoms with van der Waals surface area (Å²) in [6, 6.07) is 14.9. The number of nitrogens with one attached hydrogen (secondary N) is 1. The fourth-order valence-electron chi connectivity index (χ4n) is 2.26. The first-order valence-corrected chi connectivity index (χ1v) is 6.88. The van der Waals surface area contributed by atoms with Crippen molar-refractivity contribution in [1.82, 2.24) is 5.32 Å². The zero-order valence-electron chi connectivity index (χ0n) is 11.9. The Morgan fingerprint density at radius 3 is 2.65 bits per heavy atom. The number of ether oxygens (including phenoxy) is 1. The van der Waals surface area contributed by atoms with Crippen molar-refractivity contribution in [3.8, 4) is 5.75 Å². The molecule has 1 atom stereocenters. The molecule has 1 N–H and O–H groups in total.